The van der Waals surface area contributed by atoms with Crippen molar-refractivity contribution >= 4 is 17.6 Å². The number of hydrogen-bond acceptors (Lipinski definition) is 4. The van der Waals surface area contributed by atoms with Crippen LogP contribution in [0.4, 0.5) is 10.2 Å². The van der Waals surface area contributed by atoms with Crippen molar-refractivity contribution in [2.75, 3.05) is 11.9 Å². The molecule has 0 bridgehead atoms. The third kappa shape index (κ3) is 2.98. The first-order valence-corrected chi connectivity index (χ1v) is 6.51. The summed E-state index contributed by atoms with van der Waals surface area (Å²) in [4.78, 5) is 9.40. The number of anilines is 1. The van der Waals surface area contributed by atoms with Gasteiger partial charge in [-0.2, -0.15) is 0 Å². The predicted molar refractivity (Wildman–Crippen MR) is 71.5 cm³/mol. The van der Waals surface area contributed by atoms with Gasteiger partial charge in [-0.3, -0.25) is 0 Å². The van der Waals surface area contributed by atoms with Crippen LogP contribution >= 0.6 is 11.8 Å². The van der Waals surface area contributed by atoms with Crippen LogP contribution in [-0.4, -0.2) is 16.5 Å². The fourth-order valence-corrected chi connectivity index (χ4v) is 2.34. The van der Waals surface area contributed by atoms with Crippen LogP contribution < -0.4 is 5.32 Å². The molecule has 0 fully saturated rings. The third-order valence-corrected chi connectivity index (χ3v) is 3.52. The Hall–Kier alpha value is -1.62. The zero-order valence-corrected chi connectivity index (χ0v) is 11.1. The number of halogens is 1. The molecule has 0 amide bonds. The van der Waals surface area contributed by atoms with Crippen molar-refractivity contribution in [1.29, 1.82) is 0 Å². The number of rotatable bonds is 4. The predicted octanol–water partition coefficient (Wildman–Crippen LogP) is 3.51. The Morgan fingerprint density at radius 3 is 2.61 bits per heavy atom. The first kappa shape index (κ1) is 12.8. The van der Waals surface area contributed by atoms with Gasteiger partial charge in [-0.1, -0.05) is 11.8 Å². The summed E-state index contributed by atoms with van der Waals surface area (Å²) in [5.74, 6) is 0.615. The summed E-state index contributed by atoms with van der Waals surface area (Å²) in [5, 5.41) is 4.07. The van der Waals surface area contributed by atoms with Gasteiger partial charge in [-0.25, -0.2) is 14.4 Å². The molecule has 3 nitrogen and oxygen atoms in total. The molecule has 0 aliphatic carbocycles. The van der Waals surface area contributed by atoms with E-state index in [1.165, 1.54) is 30.2 Å². The number of benzene rings is 1. The highest BCUT2D eigenvalue weighted by molar-refractivity contribution is 7.99. The summed E-state index contributed by atoms with van der Waals surface area (Å²) in [5.41, 5.74) is 1.01. The lowest BCUT2D eigenvalue weighted by Gasteiger charge is -2.09. The van der Waals surface area contributed by atoms with Gasteiger partial charge in [0.2, 0.25) is 0 Å². The lowest BCUT2D eigenvalue weighted by Crippen LogP contribution is -2.03. The second-order valence-corrected chi connectivity index (χ2v) is 4.80. The molecule has 1 aromatic heterocycles. The molecule has 0 aliphatic heterocycles. The molecular weight excluding hydrogens is 249 g/mol. The van der Waals surface area contributed by atoms with E-state index in [2.05, 4.69) is 15.3 Å². The molecule has 94 valence electrons. The Morgan fingerprint density at radius 1 is 1.22 bits per heavy atom. The number of nitrogens with zero attached hydrogens (tertiary/aromatic N) is 2. The smallest absolute Gasteiger partial charge is 0.133 e. The van der Waals surface area contributed by atoms with Gasteiger partial charge >= 0.3 is 0 Å². The molecule has 5 heteroatoms. The van der Waals surface area contributed by atoms with Crippen LogP contribution in [0.15, 0.2) is 40.5 Å². The SMILES string of the molecule is CCNc1ncnc(Sc2ccc(F)cc2)c1C. The molecule has 0 atom stereocenters. The van der Waals surface area contributed by atoms with Crippen molar-refractivity contribution < 1.29 is 4.39 Å². The first-order chi connectivity index (χ1) is 8.70. The van der Waals surface area contributed by atoms with Crippen LogP contribution in [0, 0.1) is 12.7 Å². The molecule has 1 aromatic carbocycles. The van der Waals surface area contributed by atoms with Gasteiger partial charge in [0.15, 0.2) is 0 Å². The first-order valence-electron chi connectivity index (χ1n) is 5.69. The van der Waals surface area contributed by atoms with Gasteiger partial charge in [0.05, 0.1) is 0 Å². The molecule has 0 spiro atoms. The highest BCUT2D eigenvalue weighted by Gasteiger charge is 2.07. The van der Waals surface area contributed by atoms with E-state index >= 15 is 0 Å². The molecule has 0 unspecified atom stereocenters. The van der Waals surface area contributed by atoms with Gasteiger partial charge < -0.3 is 5.32 Å². The van der Waals surface area contributed by atoms with Crippen LogP contribution in [0.1, 0.15) is 12.5 Å². The van der Waals surface area contributed by atoms with E-state index in [0.717, 1.165) is 27.8 Å². The average Bonchev–Trinajstić information content (AvgIpc) is 2.37. The Kier molecular flexibility index (Phi) is 4.15. The third-order valence-electron chi connectivity index (χ3n) is 2.41. The highest BCUT2D eigenvalue weighted by atomic mass is 32.2. The monoisotopic (exact) mass is 263 g/mol. The van der Waals surface area contributed by atoms with E-state index < -0.39 is 0 Å². The second kappa shape index (κ2) is 5.82. The summed E-state index contributed by atoms with van der Waals surface area (Å²) < 4.78 is 12.8. The molecule has 0 saturated carbocycles. The van der Waals surface area contributed by atoms with Crippen molar-refractivity contribution in [2.45, 2.75) is 23.8 Å². The molecule has 2 rings (SSSR count). The summed E-state index contributed by atoms with van der Waals surface area (Å²) in [7, 11) is 0. The molecule has 1 N–H and O–H groups in total. The van der Waals surface area contributed by atoms with Crippen LogP contribution in [0.5, 0.6) is 0 Å². The van der Waals surface area contributed by atoms with E-state index in [-0.39, 0.29) is 5.82 Å². The summed E-state index contributed by atoms with van der Waals surface area (Å²) in [6, 6.07) is 6.39. The average molecular weight is 263 g/mol. The van der Waals surface area contributed by atoms with Crippen molar-refractivity contribution in [1.82, 2.24) is 9.97 Å². The molecule has 0 radical (unpaired) electrons. The zero-order valence-electron chi connectivity index (χ0n) is 10.3. The molecule has 1 heterocycles. The van der Waals surface area contributed by atoms with Crippen LogP contribution in [0.2, 0.25) is 0 Å². The summed E-state index contributed by atoms with van der Waals surface area (Å²) in [6.45, 7) is 4.82. The van der Waals surface area contributed by atoms with Crippen LogP contribution in [0.3, 0.4) is 0 Å². The van der Waals surface area contributed by atoms with Crippen molar-refractivity contribution in [2.24, 2.45) is 0 Å². The summed E-state index contributed by atoms with van der Waals surface area (Å²) >= 11 is 1.51. The van der Waals surface area contributed by atoms with E-state index in [0.29, 0.717) is 0 Å². The Morgan fingerprint density at radius 2 is 1.94 bits per heavy atom. The molecule has 2 aromatic rings. The molecule has 0 aliphatic rings. The quantitative estimate of drug-likeness (QED) is 0.857. The number of nitrogens with one attached hydrogen (secondary N) is 1. The Labute approximate surface area is 110 Å². The fraction of sp³-hybridized carbons (Fsp3) is 0.231. The van der Waals surface area contributed by atoms with Crippen LogP contribution in [-0.2, 0) is 0 Å². The van der Waals surface area contributed by atoms with Crippen molar-refractivity contribution in [3.05, 3.63) is 42.0 Å². The lowest BCUT2D eigenvalue weighted by atomic mass is 10.3. The van der Waals surface area contributed by atoms with Gasteiger partial charge in [0.1, 0.15) is 23.0 Å². The van der Waals surface area contributed by atoms with E-state index in [9.17, 15) is 4.39 Å². The maximum Gasteiger partial charge on any atom is 0.133 e. The van der Waals surface area contributed by atoms with Gasteiger partial charge in [0, 0.05) is 17.0 Å². The maximum absolute atomic E-state index is 12.8. The van der Waals surface area contributed by atoms with Crippen molar-refractivity contribution in [3.8, 4) is 0 Å². The minimum atomic E-state index is -0.230. The van der Waals surface area contributed by atoms with E-state index in [1.807, 2.05) is 13.8 Å². The lowest BCUT2D eigenvalue weighted by molar-refractivity contribution is 0.626. The number of aromatic nitrogens is 2. The minimum absolute atomic E-state index is 0.230. The largest absolute Gasteiger partial charge is 0.370 e. The van der Waals surface area contributed by atoms with E-state index in [1.54, 1.807) is 12.1 Å². The fourth-order valence-electron chi connectivity index (χ4n) is 1.50. The molecule has 18 heavy (non-hydrogen) atoms. The van der Waals surface area contributed by atoms with Gasteiger partial charge in [-0.05, 0) is 38.1 Å². The van der Waals surface area contributed by atoms with Gasteiger partial charge in [-0.15, -0.1) is 0 Å². The second-order valence-electron chi connectivity index (χ2n) is 3.74. The van der Waals surface area contributed by atoms with Crippen LogP contribution in [0.25, 0.3) is 0 Å². The topological polar surface area (TPSA) is 37.8 Å². The normalized spacial score (nSPS) is 10.4. The zero-order chi connectivity index (χ0) is 13.0. The van der Waals surface area contributed by atoms with E-state index in [4.69, 9.17) is 0 Å². The maximum atomic E-state index is 12.8. The number of hydrogen-bond donors (Lipinski definition) is 1. The standard InChI is InChI=1S/C13H14FN3S/c1-3-15-12-9(2)13(17-8-16-12)18-11-6-4-10(14)5-7-11/h4-8H,3H2,1-2H3,(H,15,16,17). The Balaban J connectivity index is 2.23. The Bertz CT molecular complexity index is 528. The molecular formula is C13H14FN3S. The molecule has 0 saturated heterocycles. The summed E-state index contributed by atoms with van der Waals surface area (Å²) in [6.07, 6.45) is 1.54. The minimum Gasteiger partial charge on any atom is -0.370 e. The van der Waals surface area contributed by atoms with Crippen molar-refractivity contribution in [3.63, 3.8) is 0 Å². The van der Waals surface area contributed by atoms with Gasteiger partial charge in [0.25, 0.3) is 0 Å². The highest BCUT2D eigenvalue weighted by Crippen LogP contribution is 2.30.